The van der Waals surface area contributed by atoms with Crippen LogP contribution in [0, 0.1) is 0 Å². The van der Waals surface area contributed by atoms with Gasteiger partial charge in [-0.25, -0.2) is 0 Å². The summed E-state index contributed by atoms with van der Waals surface area (Å²) in [4.78, 5) is 4.79. The fraction of sp³-hybridized carbons (Fsp3) is 0.250. The van der Waals surface area contributed by atoms with Crippen LogP contribution in [0.5, 0.6) is 11.5 Å². The number of benzene rings is 1. The van der Waals surface area contributed by atoms with Gasteiger partial charge in [-0.1, -0.05) is 6.07 Å². The van der Waals surface area contributed by atoms with E-state index in [1.807, 2.05) is 0 Å². The van der Waals surface area contributed by atoms with Crippen LogP contribution in [-0.4, -0.2) is 16.4 Å². The van der Waals surface area contributed by atoms with E-state index >= 15 is 0 Å². The average molecular weight is 167 g/mol. The van der Waals surface area contributed by atoms with Crippen molar-refractivity contribution < 1.29 is 15.1 Å². The first-order valence-electron chi connectivity index (χ1n) is 3.68. The molecule has 64 valence electrons. The molecule has 1 heterocycles. The van der Waals surface area contributed by atoms with Gasteiger partial charge < -0.3 is 10.2 Å². The molecule has 1 atom stereocenters. The number of rotatable bonds is 2. The molecular formula is C8H9NO3. The van der Waals surface area contributed by atoms with Crippen molar-refractivity contribution in [2.24, 2.45) is 0 Å². The first-order valence-corrected chi connectivity index (χ1v) is 3.68. The Morgan fingerprint density at radius 1 is 1.33 bits per heavy atom. The molecular weight excluding hydrogens is 158 g/mol. The minimum absolute atomic E-state index is 0.0638. The van der Waals surface area contributed by atoms with Gasteiger partial charge in [0.15, 0.2) is 17.7 Å². The van der Waals surface area contributed by atoms with Crippen molar-refractivity contribution >= 4 is 0 Å². The van der Waals surface area contributed by atoms with E-state index in [1.165, 1.54) is 12.1 Å². The molecule has 1 fully saturated rings. The summed E-state index contributed by atoms with van der Waals surface area (Å²) in [5, 5.41) is 18.1. The molecule has 1 saturated heterocycles. The predicted molar refractivity (Wildman–Crippen MR) is 41.5 cm³/mol. The quantitative estimate of drug-likeness (QED) is 0.443. The highest BCUT2D eigenvalue weighted by molar-refractivity contribution is 5.40. The number of hydroxylamine groups is 1. The van der Waals surface area contributed by atoms with Crippen molar-refractivity contribution in [3.63, 3.8) is 0 Å². The Kier molecular flexibility index (Phi) is 1.64. The van der Waals surface area contributed by atoms with Crippen LogP contribution < -0.4 is 5.48 Å². The van der Waals surface area contributed by atoms with E-state index in [1.54, 1.807) is 6.07 Å². The molecule has 1 aliphatic heterocycles. The number of hydrogen-bond donors (Lipinski definition) is 3. The molecule has 0 bridgehead atoms. The smallest absolute Gasteiger partial charge is 0.157 e. The number of aromatic hydroxyl groups is 2. The number of phenols is 2. The zero-order chi connectivity index (χ0) is 8.55. The monoisotopic (exact) mass is 167 g/mol. The fourth-order valence-corrected chi connectivity index (χ4v) is 1.04. The summed E-state index contributed by atoms with van der Waals surface area (Å²) in [5.74, 6) is -0.184. The Bertz CT molecular complexity index is 296. The highest BCUT2D eigenvalue weighted by Gasteiger charge is 2.22. The molecule has 1 aromatic rings. The Hall–Kier alpha value is -1.26. The van der Waals surface area contributed by atoms with Crippen molar-refractivity contribution in [3.8, 4) is 11.5 Å². The molecule has 12 heavy (non-hydrogen) atoms. The van der Waals surface area contributed by atoms with E-state index in [4.69, 9.17) is 15.1 Å². The summed E-state index contributed by atoms with van der Waals surface area (Å²) in [6, 6.07) is 4.74. The van der Waals surface area contributed by atoms with E-state index < -0.39 is 0 Å². The standard InChI is InChI=1S/C8H9NO3/c10-6-2-1-5(3-7(6)11)4-8-9-12-8/h1-3,8-11H,4H2. The molecule has 3 N–H and O–H groups in total. The van der Waals surface area contributed by atoms with Gasteiger partial charge in [-0.2, -0.15) is 5.48 Å². The molecule has 1 unspecified atom stereocenters. The first-order chi connectivity index (χ1) is 5.75. The Morgan fingerprint density at radius 2 is 2.08 bits per heavy atom. The number of phenolic OH excluding ortho intramolecular Hbond substituents is 2. The molecule has 0 radical (unpaired) electrons. The summed E-state index contributed by atoms with van der Waals surface area (Å²) in [6.07, 6.45) is 0.766. The Labute approximate surface area is 69.4 Å². The largest absolute Gasteiger partial charge is 0.504 e. The van der Waals surface area contributed by atoms with Gasteiger partial charge in [-0.05, 0) is 17.7 Å². The van der Waals surface area contributed by atoms with Gasteiger partial charge in [0, 0.05) is 6.42 Å². The van der Waals surface area contributed by atoms with Crippen molar-refractivity contribution in [1.29, 1.82) is 0 Å². The lowest BCUT2D eigenvalue weighted by Crippen LogP contribution is -1.95. The van der Waals surface area contributed by atoms with E-state index in [9.17, 15) is 0 Å². The third-order valence-electron chi connectivity index (χ3n) is 1.75. The van der Waals surface area contributed by atoms with Gasteiger partial charge in [-0.15, -0.1) is 0 Å². The maximum atomic E-state index is 9.12. The van der Waals surface area contributed by atoms with Crippen molar-refractivity contribution in [1.82, 2.24) is 5.48 Å². The van der Waals surface area contributed by atoms with Crippen LogP contribution in [0.15, 0.2) is 18.2 Å². The summed E-state index contributed by atoms with van der Waals surface area (Å²) in [7, 11) is 0. The van der Waals surface area contributed by atoms with Crippen LogP contribution in [-0.2, 0) is 11.3 Å². The van der Waals surface area contributed by atoms with Crippen molar-refractivity contribution in [2.45, 2.75) is 12.6 Å². The molecule has 4 heteroatoms. The Morgan fingerprint density at radius 3 is 2.67 bits per heavy atom. The average Bonchev–Trinajstić information content (AvgIpc) is 2.81. The lowest BCUT2D eigenvalue weighted by Gasteiger charge is -1.99. The lowest BCUT2D eigenvalue weighted by atomic mass is 10.1. The van der Waals surface area contributed by atoms with Gasteiger partial charge in [0.05, 0.1) is 0 Å². The molecule has 0 aliphatic carbocycles. The van der Waals surface area contributed by atoms with Crippen molar-refractivity contribution in [3.05, 3.63) is 23.8 Å². The summed E-state index contributed by atoms with van der Waals surface area (Å²) >= 11 is 0. The zero-order valence-corrected chi connectivity index (χ0v) is 6.32. The van der Waals surface area contributed by atoms with Crippen LogP contribution in [0.25, 0.3) is 0 Å². The van der Waals surface area contributed by atoms with E-state index in [2.05, 4.69) is 5.48 Å². The van der Waals surface area contributed by atoms with Gasteiger partial charge in [-0.3, -0.25) is 4.84 Å². The van der Waals surface area contributed by atoms with Crippen LogP contribution in [0.3, 0.4) is 0 Å². The molecule has 0 amide bonds. The SMILES string of the molecule is Oc1ccc(CC2NO2)cc1O. The predicted octanol–water partition coefficient (Wildman–Crippen LogP) is 0.501. The van der Waals surface area contributed by atoms with E-state index in [-0.39, 0.29) is 17.7 Å². The van der Waals surface area contributed by atoms with Gasteiger partial charge in [0.25, 0.3) is 0 Å². The fourth-order valence-electron chi connectivity index (χ4n) is 1.04. The van der Waals surface area contributed by atoms with Gasteiger partial charge >= 0.3 is 0 Å². The lowest BCUT2D eigenvalue weighted by molar-refractivity contribution is 0.369. The minimum atomic E-state index is -0.0941. The van der Waals surface area contributed by atoms with Crippen LogP contribution in [0.2, 0.25) is 0 Å². The third kappa shape index (κ3) is 1.49. The molecule has 0 saturated carbocycles. The molecule has 0 spiro atoms. The van der Waals surface area contributed by atoms with E-state index in [0.29, 0.717) is 6.42 Å². The minimum Gasteiger partial charge on any atom is -0.504 e. The Balaban J connectivity index is 2.15. The highest BCUT2D eigenvalue weighted by Crippen LogP contribution is 2.26. The molecule has 4 nitrogen and oxygen atoms in total. The van der Waals surface area contributed by atoms with Gasteiger partial charge in [0.2, 0.25) is 0 Å². The van der Waals surface area contributed by atoms with Gasteiger partial charge in [0.1, 0.15) is 0 Å². The van der Waals surface area contributed by atoms with Crippen LogP contribution >= 0.6 is 0 Å². The number of nitrogens with one attached hydrogen (secondary N) is 1. The maximum Gasteiger partial charge on any atom is 0.157 e. The second kappa shape index (κ2) is 2.66. The summed E-state index contributed by atoms with van der Waals surface area (Å²) in [6.45, 7) is 0. The zero-order valence-electron chi connectivity index (χ0n) is 6.32. The van der Waals surface area contributed by atoms with Crippen molar-refractivity contribution in [2.75, 3.05) is 0 Å². The molecule has 1 aliphatic rings. The third-order valence-corrected chi connectivity index (χ3v) is 1.75. The van der Waals surface area contributed by atoms with E-state index in [0.717, 1.165) is 5.56 Å². The normalized spacial score (nSPS) is 20.8. The highest BCUT2D eigenvalue weighted by atomic mass is 16.8. The summed E-state index contributed by atoms with van der Waals surface area (Å²) in [5.41, 5.74) is 3.60. The number of hydrogen-bond acceptors (Lipinski definition) is 4. The first kappa shape index (κ1) is 7.39. The van der Waals surface area contributed by atoms with Crippen LogP contribution in [0.4, 0.5) is 0 Å². The second-order valence-electron chi connectivity index (χ2n) is 2.75. The molecule has 2 rings (SSSR count). The van der Waals surface area contributed by atoms with Crippen LogP contribution in [0.1, 0.15) is 5.56 Å². The maximum absolute atomic E-state index is 9.12. The molecule has 1 aromatic carbocycles. The summed E-state index contributed by atoms with van der Waals surface area (Å²) < 4.78 is 0. The second-order valence-corrected chi connectivity index (χ2v) is 2.75. The molecule has 0 aromatic heterocycles. The topological polar surface area (TPSA) is 74.9 Å².